The minimum absolute atomic E-state index is 0.132. The topological polar surface area (TPSA) is 52.6 Å². The Labute approximate surface area is 208 Å². The lowest BCUT2D eigenvalue weighted by Gasteiger charge is -2.34. The molecule has 0 fully saturated rings. The van der Waals surface area contributed by atoms with E-state index in [1.807, 2.05) is 24.3 Å². The van der Waals surface area contributed by atoms with E-state index in [1.54, 1.807) is 0 Å². The lowest BCUT2D eigenvalue weighted by atomic mass is 9.83. The molecule has 0 spiro atoms. The van der Waals surface area contributed by atoms with Gasteiger partial charge in [-0.2, -0.15) is 0 Å². The van der Waals surface area contributed by atoms with E-state index in [0.29, 0.717) is 13.1 Å². The van der Waals surface area contributed by atoms with Gasteiger partial charge in [-0.1, -0.05) is 90.8 Å². The first-order chi connectivity index (χ1) is 15.7. The highest BCUT2D eigenvalue weighted by atomic mass is 16.3. The summed E-state index contributed by atoms with van der Waals surface area (Å²) in [6.45, 7) is 25.8. The molecular weight excluding hydrogens is 420 g/mol. The second-order valence-corrected chi connectivity index (χ2v) is 11.8. The van der Waals surface area contributed by atoms with Crippen molar-refractivity contribution < 1.29 is 10.2 Å². The largest absolute Gasteiger partial charge is 0.872 e. The average Bonchev–Trinajstić information content (AvgIpc) is 2.71. The maximum Gasteiger partial charge on any atom is 0.0231 e. The van der Waals surface area contributed by atoms with Crippen molar-refractivity contribution in [2.45, 2.75) is 93.2 Å². The van der Waals surface area contributed by atoms with Gasteiger partial charge in [0.15, 0.2) is 0 Å². The van der Waals surface area contributed by atoms with Gasteiger partial charge >= 0.3 is 0 Å². The Balaban J connectivity index is 2.47. The first kappa shape index (κ1) is 28.2. The minimum atomic E-state index is -0.204. The Bertz CT molecular complexity index is 892. The molecule has 0 aromatic heterocycles. The van der Waals surface area contributed by atoms with Gasteiger partial charge in [0.25, 0.3) is 0 Å². The van der Waals surface area contributed by atoms with Crippen LogP contribution in [0.3, 0.4) is 0 Å². The van der Waals surface area contributed by atoms with Crippen LogP contribution in [-0.4, -0.2) is 36.0 Å². The molecule has 0 atom stereocenters. The summed E-state index contributed by atoms with van der Waals surface area (Å²) in [4.78, 5) is 4.67. The summed E-state index contributed by atoms with van der Waals surface area (Å²) in [6, 6.07) is 8.10. The third kappa shape index (κ3) is 7.23. The standard InChI is InChI=1S/C30H48N2O2/c1-11-31(12-2)13-14-32(19-23-15-21(3)17-25(27(23)33)29(5,6)7)20-24-16-22(4)18-26(28(24)34)30(8,9)10/h15-18,33-34H,11-14,19-20H2,1-10H3/p-2. The molecule has 2 aromatic carbocycles. The van der Waals surface area contributed by atoms with Crippen molar-refractivity contribution in [3.05, 3.63) is 57.6 Å². The molecule has 0 heterocycles. The van der Waals surface area contributed by atoms with Crippen molar-refractivity contribution in [1.82, 2.24) is 9.80 Å². The van der Waals surface area contributed by atoms with Crippen LogP contribution in [0.2, 0.25) is 0 Å². The van der Waals surface area contributed by atoms with Crippen LogP contribution in [0.15, 0.2) is 24.3 Å². The SMILES string of the molecule is CCN(CC)CCN(Cc1cc(C)cc(C(C)(C)C)c1[O-])Cc1cc(C)cc(C(C)(C)C)c1[O-]. The Hall–Kier alpha value is -2.04. The van der Waals surface area contributed by atoms with Crippen LogP contribution in [0.5, 0.6) is 11.5 Å². The molecule has 190 valence electrons. The summed E-state index contributed by atoms with van der Waals surface area (Å²) in [5.41, 5.74) is 5.18. The maximum absolute atomic E-state index is 13.4. The summed E-state index contributed by atoms with van der Waals surface area (Å²) < 4.78 is 0. The summed E-state index contributed by atoms with van der Waals surface area (Å²) >= 11 is 0. The van der Waals surface area contributed by atoms with Crippen LogP contribution in [0.1, 0.15) is 88.8 Å². The molecule has 0 aliphatic heterocycles. The third-order valence-electron chi connectivity index (χ3n) is 6.65. The van der Waals surface area contributed by atoms with Crippen LogP contribution in [0, 0.1) is 13.8 Å². The van der Waals surface area contributed by atoms with Crippen molar-refractivity contribution in [2.24, 2.45) is 0 Å². The fraction of sp³-hybridized carbons (Fsp3) is 0.600. The molecule has 0 amide bonds. The summed E-state index contributed by atoms with van der Waals surface area (Å²) in [5, 5.41) is 26.8. The average molecular weight is 467 g/mol. The fourth-order valence-corrected chi connectivity index (χ4v) is 4.56. The molecule has 0 saturated heterocycles. The van der Waals surface area contributed by atoms with Gasteiger partial charge < -0.3 is 15.1 Å². The van der Waals surface area contributed by atoms with Crippen LogP contribution in [0.4, 0.5) is 0 Å². The van der Waals surface area contributed by atoms with Crippen molar-refractivity contribution >= 4 is 0 Å². The number of hydrogen-bond acceptors (Lipinski definition) is 4. The monoisotopic (exact) mass is 466 g/mol. The normalized spacial score (nSPS) is 12.7. The molecule has 0 bridgehead atoms. The van der Waals surface area contributed by atoms with Crippen molar-refractivity contribution in [1.29, 1.82) is 0 Å². The van der Waals surface area contributed by atoms with Crippen LogP contribution < -0.4 is 10.2 Å². The van der Waals surface area contributed by atoms with Gasteiger partial charge in [0.05, 0.1) is 0 Å². The lowest BCUT2D eigenvalue weighted by molar-refractivity contribution is -0.271. The highest BCUT2D eigenvalue weighted by molar-refractivity contribution is 5.47. The fourth-order valence-electron chi connectivity index (χ4n) is 4.56. The molecule has 2 aromatic rings. The Morgan fingerprint density at radius 1 is 0.618 bits per heavy atom. The smallest absolute Gasteiger partial charge is 0.0231 e. The molecule has 0 aliphatic rings. The van der Waals surface area contributed by atoms with Gasteiger partial charge in [-0.25, -0.2) is 0 Å². The van der Waals surface area contributed by atoms with Gasteiger partial charge in [0.1, 0.15) is 0 Å². The molecule has 2 rings (SSSR count). The first-order valence-electron chi connectivity index (χ1n) is 12.7. The number of aryl methyl sites for hydroxylation is 2. The van der Waals surface area contributed by atoms with Crippen LogP contribution in [0.25, 0.3) is 0 Å². The molecule has 0 saturated carbocycles. The minimum Gasteiger partial charge on any atom is -0.872 e. The predicted molar refractivity (Wildman–Crippen MR) is 141 cm³/mol. The van der Waals surface area contributed by atoms with Gasteiger partial charge in [0.2, 0.25) is 0 Å². The van der Waals surface area contributed by atoms with Gasteiger partial charge in [-0.3, -0.25) is 4.90 Å². The quantitative estimate of drug-likeness (QED) is 0.497. The second-order valence-electron chi connectivity index (χ2n) is 11.8. The van der Waals surface area contributed by atoms with E-state index >= 15 is 0 Å². The number of rotatable bonds is 9. The molecule has 0 radical (unpaired) electrons. The Kier molecular flexibility index (Phi) is 9.23. The maximum atomic E-state index is 13.4. The summed E-state index contributed by atoms with van der Waals surface area (Å²) in [5.74, 6) is 0.265. The van der Waals surface area contributed by atoms with E-state index in [2.05, 4.69) is 79.0 Å². The van der Waals surface area contributed by atoms with Crippen molar-refractivity contribution in [2.75, 3.05) is 26.2 Å². The molecule has 4 heteroatoms. The van der Waals surface area contributed by atoms with Crippen molar-refractivity contribution in [3.63, 3.8) is 0 Å². The van der Waals surface area contributed by atoms with E-state index in [9.17, 15) is 10.2 Å². The van der Waals surface area contributed by atoms with E-state index in [0.717, 1.165) is 59.6 Å². The molecule has 0 N–H and O–H groups in total. The number of hydrogen-bond donors (Lipinski definition) is 0. The van der Waals surface area contributed by atoms with E-state index in [4.69, 9.17) is 0 Å². The zero-order valence-corrected chi connectivity index (χ0v) is 23.3. The Morgan fingerprint density at radius 2 is 0.971 bits per heavy atom. The lowest BCUT2D eigenvalue weighted by Crippen LogP contribution is -2.35. The molecule has 0 aliphatic carbocycles. The first-order valence-corrected chi connectivity index (χ1v) is 12.7. The van der Waals surface area contributed by atoms with Crippen LogP contribution in [-0.2, 0) is 23.9 Å². The molecule has 0 unspecified atom stereocenters. The summed E-state index contributed by atoms with van der Waals surface area (Å²) in [7, 11) is 0. The number of nitrogens with zero attached hydrogens (tertiary/aromatic N) is 2. The van der Waals surface area contributed by atoms with Gasteiger partial charge in [-0.05, 0) is 60.0 Å². The Morgan fingerprint density at radius 3 is 1.29 bits per heavy atom. The zero-order valence-electron chi connectivity index (χ0n) is 23.3. The van der Waals surface area contributed by atoms with Gasteiger partial charge in [-0.15, -0.1) is 11.5 Å². The molecular formula is C30H46N2O2-2. The highest BCUT2D eigenvalue weighted by Gasteiger charge is 2.20. The molecule has 34 heavy (non-hydrogen) atoms. The predicted octanol–water partition coefficient (Wildman–Crippen LogP) is 5.39. The van der Waals surface area contributed by atoms with E-state index < -0.39 is 0 Å². The number of likely N-dealkylation sites (N-methyl/N-ethyl adjacent to an activating group) is 1. The highest BCUT2D eigenvalue weighted by Crippen LogP contribution is 2.35. The second kappa shape index (κ2) is 11.1. The van der Waals surface area contributed by atoms with E-state index in [-0.39, 0.29) is 22.3 Å². The van der Waals surface area contributed by atoms with Crippen LogP contribution >= 0.6 is 0 Å². The number of benzene rings is 2. The van der Waals surface area contributed by atoms with Crippen molar-refractivity contribution in [3.8, 4) is 11.5 Å². The van der Waals surface area contributed by atoms with Gasteiger partial charge in [0, 0.05) is 26.2 Å². The third-order valence-corrected chi connectivity index (χ3v) is 6.65. The van der Waals surface area contributed by atoms with E-state index in [1.165, 1.54) is 0 Å². The summed E-state index contributed by atoms with van der Waals surface area (Å²) in [6.07, 6.45) is 0. The molecule has 4 nitrogen and oxygen atoms in total. The zero-order chi connectivity index (χ0) is 25.8.